The van der Waals surface area contributed by atoms with Crippen LogP contribution in [0.5, 0.6) is 0 Å². The van der Waals surface area contributed by atoms with Crippen LogP contribution in [0, 0.1) is 21.4 Å². The number of ether oxygens (including phenoxy) is 1. The van der Waals surface area contributed by atoms with Gasteiger partial charge in [-0.05, 0) is 43.3 Å². The summed E-state index contributed by atoms with van der Waals surface area (Å²) in [7, 11) is 0. The van der Waals surface area contributed by atoms with Crippen LogP contribution < -0.4 is 0 Å². The molecule has 2 aromatic rings. The van der Waals surface area contributed by atoms with Crippen LogP contribution in [0.4, 0.5) is 5.69 Å². The highest BCUT2D eigenvalue weighted by Gasteiger charge is 2.21. The maximum atomic E-state index is 11.9. The molecule has 6 nitrogen and oxygen atoms in total. The maximum Gasteiger partial charge on any atom is 0.345 e. The number of esters is 1. The molecule has 0 aliphatic carbocycles. The average Bonchev–Trinajstić information content (AvgIpc) is 2.55. The lowest BCUT2D eigenvalue weighted by Crippen LogP contribution is -2.08. The zero-order valence-electron chi connectivity index (χ0n) is 12.2. The van der Waals surface area contributed by atoms with E-state index in [9.17, 15) is 14.9 Å². The Balaban J connectivity index is 2.32. The first-order valence-corrected chi connectivity index (χ1v) is 7.50. The van der Waals surface area contributed by atoms with E-state index in [1.54, 1.807) is 37.3 Å². The van der Waals surface area contributed by atoms with Gasteiger partial charge in [0.1, 0.15) is 5.56 Å². The smallest absolute Gasteiger partial charge is 0.345 e. The predicted octanol–water partition coefficient (Wildman–Crippen LogP) is 3.79. The van der Waals surface area contributed by atoms with Crippen molar-refractivity contribution in [1.82, 2.24) is 0 Å². The molecular formula is C16H12N2O4S. The molecule has 0 aromatic heterocycles. The number of nitro groups is 1. The number of benzene rings is 2. The molecule has 0 heterocycles. The van der Waals surface area contributed by atoms with E-state index in [0.29, 0.717) is 10.5 Å². The van der Waals surface area contributed by atoms with Crippen LogP contribution >= 0.6 is 11.8 Å². The first-order valence-electron chi connectivity index (χ1n) is 6.68. The van der Waals surface area contributed by atoms with E-state index >= 15 is 0 Å². The molecule has 116 valence electrons. The van der Waals surface area contributed by atoms with Crippen molar-refractivity contribution in [1.29, 1.82) is 5.26 Å². The summed E-state index contributed by atoms with van der Waals surface area (Å²) in [6.45, 7) is 1.78. The minimum atomic E-state index is -0.721. The molecule has 0 saturated carbocycles. The van der Waals surface area contributed by atoms with Crippen molar-refractivity contribution in [2.75, 3.05) is 6.61 Å². The number of hydrogen-bond donors (Lipinski definition) is 0. The fourth-order valence-corrected chi connectivity index (χ4v) is 2.70. The van der Waals surface area contributed by atoms with Gasteiger partial charge in [0.2, 0.25) is 0 Å². The molecule has 0 saturated heterocycles. The van der Waals surface area contributed by atoms with Crippen molar-refractivity contribution in [3.8, 4) is 6.07 Å². The molecule has 0 aliphatic rings. The van der Waals surface area contributed by atoms with Crippen molar-refractivity contribution < 1.29 is 14.5 Å². The number of carbonyl (C=O) groups excluding carboxylic acids is 1. The Morgan fingerprint density at radius 3 is 2.48 bits per heavy atom. The molecule has 23 heavy (non-hydrogen) atoms. The Bertz CT molecular complexity index is 782. The maximum absolute atomic E-state index is 11.9. The fraction of sp³-hybridized carbons (Fsp3) is 0.125. The van der Waals surface area contributed by atoms with E-state index in [1.165, 1.54) is 23.9 Å². The Hall–Kier alpha value is -2.85. The summed E-state index contributed by atoms with van der Waals surface area (Å²) >= 11 is 1.34. The van der Waals surface area contributed by atoms with Crippen molar-refractivity contribution in [2.24, 2.45) is 0 Å². The van der Waals surface area contributed by atoms with Crippen LogP contribution in [0.1, 0.15) is 22.8 Å². The van der Waals surface area contributed by atoms with Gasteiger partial charge in [0.25, 0.3) is 5.69 Å². The van der Waals surface area contributed by atoms with E-state index < -0.39 is 10.9 Å². The van der Waals surface area contributed by atoms with Crippen LogP contribution in [0.2, 0.25) is 0 Å². The van der Waals surface area contributed by atoms with Gasteiger partial charge in [-0.3, -0.25) is 10.1 Å². The molecule has 0 fully saturated rings. The molecule has 2 rings (SSSR count). The highest BCUT2D eigenvalue weighted by atomic mass is 32.2. The topological polar surface area (TPSA) is 93.2 Å². The monoisotopic (exact) mass is 328 g/mol. The highest BCUT2D eigenvalue weighted by molar-refractivity contribution is 7.99. The zero-order valence-corrected chi connectivity index (χ0v) is 13.0. The molecule has 7 heteroatoms. The molecule has 0 N–H and O–H groups in total. The number of nitriles is 1. The van der Waals surface area contributed by atoms with E-state index in [1.807, 2.05) is 6.07 Å². The van der Waals surface area contributed by atoms with E-state index in [4.69, 9.17) is 10.00 Å². The summed E-state index contributed by atoms with van der Waals surface area (Å²) < 4.78 is 4.87. The minimum Gasteiger partial charge on any atom is -0.462 e. The molecule has 0 aliphatic heterocycles. The van der Waals surface area contributed by atoms with Crippen LogP contribution in [-0.4, -0.2) is 17.5 Å². The third-order valence-electron chi connectivity index (χ3n) is 2.88. The predicted molar refractivity (Wildman–Crippen MR) is 84.3 cm³/mol. The standard InChI is InChI=1S/C16H12N2O4S/c1-2-22-16(19)14-9-13(7-8-15(14)18(20)21)23-12-5-3-11(10-17)4-6-12/h3-9H,2H2,1H3. The molecule has 2 aromatic carbocycles. The number of carbonyl (C=O) groups is 1. The van der Waals surface area contributed by atoms with Gasteiger partial charge in [0.05, 0.1) is 23.2 Å². The quantitative estimate of drug-likeness (QED) is 0.471. The third-order valence-corrected chi connectivity index (χ3v) is 3.88. The summed E-state index contributed by atoms with van der Waals surface area (Å²) in [6.07, 6.45) is 0. The lowest BCUT2D eigenvalue weighted by atomic mass is 10.2. The molecule has 0 radical (unpaired) electrons. The second-order valence-electron chi connectivity index (χ2n) is 4.39. The van der Waals surface area contributed by atoms with Gasteiger partial charge in [-0.2, -0.15) is 5.26 Å². The fourth-order valence-electron chi connectivity index (χ4n) is 1.84. The van der Waals surface area contributed by atoms with Gasteiger partial charge in [0.15, 0.2) is 0 Å². The lowest BCUT2D eigenvalue weighted by Gasteiger charge is -2.06. The van der Waals surface area contributed by atoms with Gasteiger partial charge in [-0.25, -0.2) is 4.79 Å². The van der Waals surface area contributed by atoms with Crippen molar-refractivity contribution >= 4 is 23.4 Å². The number of rotatable bonds is 5. The SMILES string of the molecule is CCOC(=O)c1cc(Sc2ccc(C#N)cc2)ccc1[N+](=O)[O-]. The summed E-state index contributed by atoms with van der Waals surface area (Å²) in [6, 6.07) is 13.2. The Labute approximate surface area is 136 Å². The normalized spacial score (nSPS) is 9.91. The van der Waals surface area contributed by atoms with E-state index in [2.05, 4.69) is 0 Å². The molecule has 0 bridgehead atoms. The zero-order chi connectivity index (χ0) is 16.8. The Morgan fingerprint density at radius 1 is 1.26 bits per heavy atom. The Morgan fingerprint density at radius 2 is 1.91 bits per heavy atom. The highest BCUT2D eigenvalue weighted by Crippen LogP contribution is 2.31. The largest absolute Gasteiger partial charge is 0.462 e. The number of nitro benzene ring substituents is 1. The van der Waals surface area contributed by atoms with Crippen LogP contribution in [0.25, 0.3) is 0 Å². The van der Waals surface area contributed by atoms with Gasteiger partial charge in [0, 0.05) is 15.9 Å². The van der Waals surface area contributed by atoms with Crippen LogP contribution in [0.3, 0.4) is 0 Å². The lowest BCUT2D eigenvalue weighted by molar-refractivity contribution is -0.385. The summed E-state index contributed by atoms with van der Waals surface area (Å²) in [5.74, 6) is -0.721. The molecule has 0 unspecified atom stereocenters. The first-order chi connectivity index (χ1) is 11.0. The van der Waals surface area contributed by atoms with Gasteiger partial charge in [-0.1, -0.05) is 11.8 Å². The average molecular weight is 328 g/mol. The molecule has 0 spiro atoms. The van der Waals surface area contributed by atoms with Crippen molar-refractivity contribution in [3.63, 3.8) is 0 Å². The third kappa shape index (κ3) is 4.08. The molecule has 0 atom stereocenters. The van der Waals surface area contributed by atoms with Crippen molar-refractivity contribution in [2.45, 2.75) is 16.7 Å². The van der Waals surface area contributed by atoms with Gasteiger partial charge < -0.3 is 4.74 Å². The first kappa shape index (κ1) is 16.5. The minimum absolute atomic E-state index is 0.0736. The summed E-state index contributed by atoms with van der Waals surface area (Å²) in [4.78, 5) is 23.8. The van der Waals surface area contributed by atoms with E-state index in [-0.39, 0.29) is 17.9 Å². The van der Waals surface area contributed by atoms with E-state index in [0.717, 1.165) is 4.90 Å². The second-order valence-corrected chi connectivity index (χ2v) is 5.54. The number of hydrogen-bond acceptors (Lipinski definition) is 6. The summed E-state index contributed by atoms with van der Waals surface area (Å²) in [5.41, 5.74) is 0.188. The number of nitrogens with zero attached hydrogens (tertiary/aromatic N) is 2. The van der Waals surface area contributed by atoms with Gasteiger partial charge in [-0.15, -0.1) is 0 Å². The molecule has 0 amide bonds. The van der Waals surface area contributed by atoms with Gasteiger partial charge >= 0.3 is 5.97 Å². The van der Waals surface area contributed by atoms with Crippen LogP contribution in [0.15, 0.2) is 52.3 Å². The second kappa shape index (κ2) is 7.42. The Kier molecular flexibility index (Phi) is 5.33. The molecular weight excluding hydrogens is 316 g/mol. The summed E-state index contributed by atoms with van der Waals surface area (Å²) in [5, 5.41) is 19.8. The van der Waals surface area contributed by atoms with Crippen LogP contribution in [-0.2, 0) is 4.74 Å². The van der Waals surface area contributed by atoms with Crippen molar-refractivity contribution in [3.05, 3.63) is 63.7 Å².